The molecule has 0 aliphatic carbocycles. The minimum atomic E-state index is 0.225. The first-order valence-electron chi connectivity index (χ1n) is 3.76. The molecule has 1 rings (SSSR count). The second-order valence-corrected chi connectivity index (χ2v) is 2.65. The molecule has 0 bridgehead atoms. The third-order valence-corrected chi connectivity index (χ3v) is 1.62. The summed E-state index contributed by atoms with van der Waals surface area (Å²) in [5, 5.41) is 3.98. The molecule has 1 atom stereocenters. The van der Waals surface area contributed by atoms with Gasteiger partial charge in [-0.3, -0.25) is 5.01 Å². The summed E-state index contributed by atoms with van der Waals surface area (Å²) in [4.78, 5) is 8.16. The van der Waals surface area contributed by atoms with Crippen LogP contribution in [0.2, 0.25) is 0 Å². The van der Waals surface area contributed by atoms with Crippen molar-refractivity contribution in [3.05, 3.63) is 0 Å². The van der Waals surface area contributed by atoms with Gasteiger partial charge in [-0.05, 0) is 6.42 Å². The van der Waals surface area contributed by atoms with Crippen molar-refractivity contribution in [2.75, 3.05) is 14.1 Å². The standard InChI is InChI=1S/C7H14N4/c1-4-7-9-5-8-6-11(7)10(2)3/h5-7H,4H2,1-3H3. The highest BCUT2D eigenvalue weighted by molar-refractivity contribution is 5.73. The Morgan fingerprint density at radius 2 is 2.27 bits per heavy atom. The van der Waals surface area contributed by atoms with Gasteiger partial charge in [0.2, 0.25) is 0 Å². The highest BCUT2D eigenvalue weighted by atomic mass is 15.6. The third kappa shape index (κ3) is 1.77. The summed E-state index contributed by atoms with van der Waals surface area (Å²) in [6.07, 6.45) is 4.62. The van der Waals surface area contributed by atoms with Gasteiger partial charge in [-0.1, -0.05) is 6.92 Å². The van der Waals surface area contributed by atoms with Crippen LogP contribution in [0.25, 0.3) is 0 Å². The SMILES string of the molecule is CCC1N=CN=CN1N(C)C. The van der Waals surface area contributed by atoms with Crippen molar-refractivity contribution >= 4 is 12.7 Å². The molecule has 0 saturated heterocycles. The van der Waals surface area contributed by atoms with Crippen molar-refractivity contribution in [3.63, 3.8) is 0 Å². The summed E-state index contributed by atoms with van der Waals surface area (Å²) in [5.41, 5.74) is 0. The molecule has 4 nitrogen and oxygen atoms in total. The molecule has 11 heavy (non-hydrogen) atoms. The third-order valence-electron chi connectivity index (χ3n) is 1.62. The molecule has 0 saturated carbocycles. The van der Waals surface area contributed by atoms with E-state index in [4.69, 9.17) is 0 Å². The predicted octanol–water partition coefficient (Wildman–Crippen LogP) is 0.571. The molecule has 1 unspecified atom stereocenters. The van der Waals surface area contributed by atoms with Crippen molar-refractivity contribution in [2.24, 2.45) is 9.98 Å². The van der Waals surface area contributed by atoms with Crippen LogP contribution in [0.4, 0.5) is 0 Å². The number of hydrazine groups is 1. The van der Waals surface area contributed by atoms with Crippen molar-refractivity contribution in [1.82, 2.24) is 10.0 Å². The molecule has 0 amide bonds. The second-order valence-electron chi connectivity index (χ2n) is 2.65. The zero-order chi connectivity index (χ0) is 8.27. The van der Waals surface area contributed by atoms with E-state index in [0.29, 0.717) is 0 Å². The lowest BCUT2D eigenvalue weighted by molar-refractivity contribution is 0.0687. The summed E-state index contributed by atoms with van der Waals surface area (Å²) in [5.74, 6) is 0. The summed E-state index contributed by atoms with van der Waals surface area (Å²) in [6, 6.07) is 0. The maximum Gasteiger partial charge on any atom is 0.138 e. The largest absolute Gasteiger partial charge is 0.272 e. The summed E-state index contributed by atoms with van der Waals surface area (Å²) < 4.78 is 0. The van der Waals surface area contributed by atoms with Gasteiger partial charge < -0.3 is 0 Å². The topological polar surface area (TPSA) is 31.2 Å². The number of hydrogen-bond acceptors (Lipinski definition) is 4. The van der Waals surface area contributed by atoms with Gasteiger partial charge in [0.25, 0.3) is 0 Å². The number of aliphatic imine (C=N–C) groups is 2. The molecule has 0 aromatic carbocycles. The Kier molecular flexibility index (Phi) is 2.59. The molecular formula is C7H14N4. The van der Waals surface area contributed by atoms with E-state index >= 15 is 0 Å². The van der Waals surface area contributed by atoms with Crippen LogP contribution in [0.15, 0.2) is 9.98 Å². The lowest BCUT2D eigenvalue weighted by atomic mass is 10.4. The Morgan fingerprint density at radius 3 is 2.73 bits per heavy atom. The molecule has 0 radical (unpaired) electrons. The molecule has 0 fully saturated rings. The molecule has 4 heteroatoms. The Bertz CT molecular complexity index is 173. The number of rotatable bonds is 2. The van der Waals surface area contributed by atoms with Crippen LogP contribution in [-0.2, 0) is 0 Å². The second kappa shape index (κ2) is 3.48. The Morgan fingerprint density at radius 1 is 1.55 bits per heavy atom. The molecule has 0 aromatic rings. The average Bonchev–Trinajstić information content (AvgIpc) is 2.04. The maximum absolute atomic E-state index is 4.21. The molecule has 1 heterocycles. The fourth-order valence-corrected chi connectivity index (χ4v) is 1.02. The first-order valence-corrected chi connectivity index (χ1v) is 3.76. The van der Waals surface area contributed by atoms with E-state index in [1.54, 1.807) is 12.7 Å². The van der Waals surface area contributed by atoms with Gasteiger partial charge in [0.15, 0.2) is 0 Å². The van der Waals surface area contributed by atoms with Gasteiger partial charge in [0.05, 0.1) is 0 Å². The lowest BCUT2D eigenvalue weighted by Crippen LogP contribution is -2.44. The zero-order valence-corrected chi connectivity index (χ0v) is 7.23. The van der Waals surface area contributed by atoms with Crippen LogP contribution in [0.1, 0.15) is 13.3 Å². The quantitative estimate of drug-likeness (QED) is 0.582. The Balaban J connectivity index is 2.63. The Labute approximate surface area is 67.2 Å². The van der Waals surface area contributed by atoms with E-state index < -0.39 is 0 Å². The van der Waals surface area contributed by atoms with Crippen LogP contribution in [0, 0.1) is 0 Å². The van der Waals surface area contributed by atoms with Crippen molar-refractivity contribution in [1.29, 1.82) is 0 Å². The van der Waals surface area contributed by atoms with E-state index in [2.05, 4.69) is 16.9 Å². The van der Waals surface area contributed by atoms with E-state index in [-0.39, 0.29) is 6.17 Å². The lowest BCUT2D eigenvalue weighted by Gasteiger charge is -2.32. The highest BCUT2D eigenvalue weighted by Gasteiger charge is 2.15. The van der Waals surface area contributed by atoms with Gasteiger partial charge in [-0.25, -0.2) is 15.0 Å². The average molecular weight is 154 g/mol. The van der Waals surface area contributed by atoms with E-state index in [1.165, 1.54) is 0 Å². The van der Waals surface area contributed by atoms with E-state index in [1.807, 2.05) is 24.1 Å². The molecule has 0 spiro atoms. The summed E-state index contributed by atoms with van der Waals surface area (Å²) >= 11 is 0. The van der Waals surface area contributed by atoms with Crippen molar-refractivity contribution < 1.29 is 0 Å². The minimum Gasteiger partial charge on any atom is -0.272 e. The van der Waals surface area contributed by atoms with Gasteiger partial charge in [-0.2, -0.15) is 0 Å². The fourth-order valence-electron chi connectivity index (χ4n) is 1.02. The molecular weight excluding hydrogens is 140 g/mol. The van der Waals surface area contributed by atoms with Crippen LogP contribution in [-0.4, -0.2) is 43.0 Å². The number of hydrogen-bond donors (Lipinski definition) is 0. The molecule has 1 aliphatic heterocycles. The van der Waals surface area contributed by atoms with Gasteiger partial charge in [-0.15, -0.1) is 0 Å². The first kappa shape index (κ1) is 8.20. The normalized spacial score (nSPS) is 23.3. The zero-order valence-electron chi connectivity index (χ0n) is 7.23. The van der Waals surface area contributed by atoms with Crippen LogP contribution in [0.5, 0.6) is 0 Å². The van der Waals surface area contributed by atoms with Crippen LogP contribution in [0.3, 0.4) is 0 Å². The van der Waals surface area contributed by atoms with E-state index in [9.17, 15) is 0 Å². The summed E-state index contributed by atoms with van der Waals surface area (Å²) in [6.45, 7) is 2.11. The predicted molar refractivity (Wildman–Crippen MR) is 46.6 cm³/mol. The maximum atomic E-state index is 4.21. The fraction of sp³-hybridized carbons (Fsp3) is 0.714. The van der Waals surface area contributed by atoms with Gasteiger partial charge in [0, 0.05) is 14.1 Å². The van der Waals surface area contributed by atoms with Crippen LogP contribution >= 0.6 is 0 Å². The molecule has 1 aliphatic rings. The highest BCUT2D eigenvalue weighted by Crippen LogP contribution is 2.06. The van der Waals surface area contributed by atoms with Crippen LogP contribution < -0.4 is 0 Å². The monoisotopic (exact) mass is 154 g/mol. The van der Waals surface area contributed by atoms with Crippen molar-refractivity contribution in [3.8, 4) is 0 Å². The van der Waals surface area contributed by atoms with Crippen molar-refractivity contribution in [2.45, 2.75) is 19.5 Å². The van der Waals surface area contributed by atoms with E-state index in [0.717, 1.165) is 6.42 Å². The number of nitrogens with zero attached hydrogens (tertiary/aromatic N) is 4. The first-order chi connectivity index (χ1) is 5.25. The smallest absolute Gasteiger partial charge is 0.138 e. The minimum absolute atomic E-state index is 0.225. The van der Waals surface area contributed by atoms with Gasteiger partial charge in [0.1, 0.15) is 18.8 Å². The molecule has 0 N–H and O–H groups in total. The summed E-state index contributed by atoms with van der Waals surface area (Å²) in [7, 11) is 3.96. The van der Waals surface area contributed by atoms with Gasteiger partial charge >= 0.3 is 0 Å². The molecule has 0 aromatic heterocycles. The Hall–Kier alpha value is -0.900. The molecule has 62 valence electrons.